The molecule has 10 heavy (non-hydrogen) atoms. The highest BCUT2D eigenvalue weighted by atomic mass is 35.5. The highest BCUT2D eigenvalue weighted by Gasteiger charge is 2.21. The molecule has 0 saturated carbocycles. The molecule has 3 heteroatoms. The molecule has 0 bridgehead atoms. The van der Waals surface area contributed by atoms with Crippen LogP contribution in [0.3, 0.4) is 0 Å². The molecule has 0 rings (SSSR count). The van der Waals surface area contributed by atoms with Gasteiger partial charge in [0.1, 0.15) is 0 Å². The molecule has 0 spiro atoms. The molecule has 0 aromatic carbocycles. The molecule has 0 aliphatic heterocycles. The van der Waals surface area contributed by atoms with E-state index in [0.717, 1.165) is 0 Å². The normalized spacial score (nSPS) is 14.1. The van der Waals surface area contributed by atoms with Crippen molar-refractivity contribution in [3.05, 3.63) is 0 Å². The molecule has 0 unspecified atom stereocenters. The van der Waals surface area contributed by atoms with Gasteiger partial charge in [0.05, 0.1) is 6.61 Å². The van der Waals surface area contributed by atoms with Gasteiger partial charge in [0, 0.05) is 6.04 Å². The lowest BCUT2D eigenvalue weighted by Gasteiger charge is -2.28. The molecule has 0 aromatic rings. The summed E-state index contributed by atoms with van der Waals surface area (Å²) in [6.45, 7) is 6.51. The van der Waals surface area contributed by atoms with Gasteiger partial charge < -0.3 is 10.4 Å². The lowest BCUT2D eigenvalue weighted by molar-refractivity contribution is 0.166. The summed E-state index contributed by atoms with van der Waals surface area (Å²) in [5.74, 6) is 0. The van der Waals surface area contributed by atoms with Gasteiger partial charge in [0.15, 0.2) is 0 Å². The molecule has 0 saturated heterocycles. The first-order valence-corrected chi connectivity index (χ1v) is 3.30. The summed E-state index contributed by atoms with van der Waals surface area (Å²) in [5.41, 5.74) is 0.156. The summed E-state index contributed by atoms with van der Waals surface area (Å²) in [6, 6.07) is 0.206. The van der Waals surface area contributed by atoms with Crippen LogP contribution < -0.4 is 5.32 Å². The van der Waals surface area contributed by atoms with Gasteiger partial charge in [0.25, 0.3) is 0 Å². The summed E-state index contributed by atoms with van der Waals surface area (Å²) in [5, 5.41) is 11.8. The topological polar surface area (TPSA) is 32.3 Å². The van der Waals surface area contributed by atoms with Gasteiger partial charge in [-0.05, 0) is 12.5 Å². The fourth-order valence-electron chi connectivity index (χ4n) is 0.798. The van der Waals surface area contributed by atoms with E-state index in [9.17, 15) is 0 Å². The zero-order chi connectivity index (χ0) is 7.49. The number of nitrogens with one attached hydrogen (secondary N) is 1. The van der Waals surface area contributed by atoms with Crippen LogP contribution in [-0.4, -0.2) is 24.8 Å². The SMILES string of the molecule is CN[C@H](CO)C(C)(C)C.Cl. The molecule has 0 aromatic heterocycles. The smallest absolute Gasteiger partial charge is 0.0589 e. The van der Waals surface area contributed by atoms with Crippen LogP contribution >= 0.6 is 12.4 Å². The monoisotopic (exact) mass is 167 g/mol. The van der Waals surface area contributed by atoms with Crippen molar-refractivity contribution in [2.75, 3.05) is 13.7 Å². The second-order valence-electron chi connectivity index (χ2n) is 3.39. The van der Waals surface area contributed by atoms with E-state index in [4.69, 9.17) is 5.11 Å². The van der Waals surface area contributed by atoms with E-state index < -0.39 is 0 Å². The van der Waals surface area contributed by atoms with E-state index >= 15 is 0 Å². The second kappa shape index (κ2) is 4.94. The minimum atomic E-state index is 0. The van der Waals surface area contributed by atoms with Gasteiger partial charge in [-0.25, -0.2) is 0 Å². The molecular formula is C7H18ClNO. The Morgan fingerprint density at radius 2 is 1.80 bits per heavy atom. The largest absolute Gasteiger partial charge is 0.395 e. The van der Waals surface area contributed by atoms with Crippen LogP contribution in [-0.2, 0) is 0 Å². The molecule has 0 fully saturated rings. The number of aliphatic hydroxyl groups is 1. The summed E-state index contributed by atoms with van der Waals surface area (Å²) in [6.07, 6.45) is 0. The van der Waals surface area contributed by atoms with Crippen molar-refractivity contribution in [2.45, 2.75) is 26.8 Å². The second-order valence-corrected chi connectivity index (χ2v) is 3.39. The number of aliphatic hydroxyl groups excluding tert-OH is 1. The molecule has 2 N–H and O–H groups in total. The molecular weight excluding hydrogens is 150 g/mol. The summed E-state index contributed by atoms with van der Waals surface area (Å²) < 4.78 is 0. The molecule has 1 atom stereocenters. The quantitative estimate of drug-likeness (QED) is 0.644. The van der Waals surface area contributed by atoms with Crippen LogP contribution in [0.1, 0.15) is 20.8 Å². The Labute approximate surface area is 69.4 Å². The number of halogens is 1. The van der Waals surface area contributed by atoms with Crippen LogP contribution in [0.5, 0.6) is 0 Å². The molecule has 64 valence electrons. The molecule has 0 amide bonds. The van der Waals surface area contributed by atoms with Gasteiger partial charge >= 0.3 is 0 Å². The average molecular weight is 168 g/mol. The Kier molecular flexibility index (Phi) is 6.35. The fourth-order valence-corrected chi connectivity index (χ4v) is 0.798. The first-order valence-electron chi connectivity index (χ1n) is 3.30. The highest BCUT2D eigenvalue weighted by molar-refractivity contribution is 5.85. The van der Waals surface area contributed by atoms with Gasteiger partial charge in [-0.3, -0.25) is 0 Å². The third-order valence-corrected chi connectivity index (χ3v) is 1.58. The molecule has 2 nitrogen and oxygen atoms in total. The number of hydrogen-bond acceptors (Lipinski definition) is 2. The first kappa shape index (κ1) is 12.8. The van der Waals surface area contributed by atoms with Crippen LogP contribution in [0, 0.1) is 5.41 Å². The minimum absolute atomic E-state index is 0. The maximum absolute atomic E-state index is 8.80. The van der Waals surface area contributed by atoms with E-state index in [1.54, 1.807) is 0 Å². The molecule has 0 aliphatic carbocycles. The van der Waals surface area contributed by atoms with Gasteiger partial charge in [-0.15, -0.1) is 12.4 Å². The third-order valence-electron chi connectivity index (χ3n) is 1.58. The zero-order valence-electron chi connectivity index (χ0n) is 7.14. The maximum atomic E-state index is 8.80. The Bertz CT molecular complexity index is 76.2. The van der Waals surface area contributed by atoms with Crippen molar-refractivity contribution in [3.63, 3.8) is 0 Å². The number of likely N-dealkylation sites (N-methyl/N-ethyl adjacent to an activating group) is 1. The van der Waals surface area contributed by atoms with Crippen molar-refractivity contribution in [1.82, 2.24) is 5.32 Å². The van der Waals surface area contributed by atoms with Crippen molar-refractivity contribution >= 4 is 12.4 Å². The summed E-state index contributed by atoms with van der Waals surface area (Å²) >= 11 is 0. The van der Waals surface area contributed by atoms with Gasteiger partial charge in [0.2, 0.25) is 0 Å². The Hall–Kier alpha value is 0.210. The molecule has 0 heterocycles. The number of rotatable bonds is 2. The molecule has 0 aliphatic rings. The van der Waals surface area contributed by atoms with Crippen LogP contribution in [0.4, 0.5) is 0 Å². The lowest BCUT2D eigenvalue weighted by atomic mass is 9.87. The Morgan fingerprint density at radius 3 is 1.80 bits per heavy atom. The van der Waals surface area contributed by atoms with Gasteiger partial charge in [-0.1, -0.05) is 20.8 Å². The maximum Gasteiger partial charge on any atom is 0.0589 e. The highest BCUT2D eigenvalue weighted by Crippen LogP contribution is 2.17. The molecule has 0 radical (unpaired) electrons. The van der Waals surface area contributed by atoms with Crippen LogP contribution in [0.15, 0.2) is 0 Å². The van der Waals surface area contributed by atoms with Gasteiger partial charge in [-0.2, -0.15) is 0 Å². The van der Waals surface area contributed by atoms with E-state index in [-0.39, 0.29) is 30.5 Å². The van der Waals surface area contributed by atoms with Crippen molar-refractivity contribution in [2.24, 2.45) is 5.41 Å². The number of hydrogen-bond donors (Lipinski definition) is 2. The lowest BCUT2D eigenvalue weighted by Crippen LogP contribution is -2.40. The van der Waals surface area contributed by atoms with E-state index in [1.165, 1.54) is 0 Å². The fraction of sp³-hybridized carbons (Fsp3) is 1.00. The summed E-state index contributed by atoms with van der Waals surface area (Å²) in [4.78, 5) is 0. The van der Waals surface area contributed by atoms with E-state index in [1.807, 2.05) is 7.05 Å². The predicted octanol–water partition coefficient (Wildman–Crippen LogP) is 1.03. The van der Waals surface area contributed by atoms with Crippen LogP contribution in [0.25, 0.3) is 0 Å². The Balaban J connectivity index is 0. The van der Waals surface area contributed by atoms with Crippen molar-refractivity contribution in [3.8, 4) is 0 Å². The van der Waals surface area contributed by atoms with Crippen LogP contribution in [0.2, 0.25) is 0 Å². The third kappa shape index (κ3) is 4.09. The average Bonchev–Trinajstić information content (AvgIpc) is 1.65. The first-order chi connectivity index (χ1) is 4.02. The van der Waals surface area contributed by atoms with Crippen molar-refractivity contribution < 1.29 is 5.11 Å². The minimum Gasteiger partial charge on any atom is -0.395 e. The van der Waals surface area contributed by atoms with Crippen molar-refractivity contribution in [1.29, 1.82) is 0 Å². The standard InChI is InChI=1S/C7H17NO.ClH/c1-7(2,3)6(5-9)8-4;/h6,8-9H,5H2,1-4H3;1H/t6-;/m1./s1. The Morgan fingerprint density at radius 1 is 1.40 bits per heavy atom. The summed E-state index contributed by atoms with van der Waals surface area (Å²) in [7, 11) is 1.87. The van der Waals surface area contributed by atoms with E-state index in [2.05, 4.69) is 26.1 Å². The zero-order valence-corrected chi connectivity index (χ0v) is 7.96. The predicted molar refractivity (Wildman–Crippen MR) is 46.6 cm³/mol. The van der Waals surface area contributed by atoms with E-state index in [0.29, 0.717) is 0 Å².